The van der Waals surface area contributed by atoms with Crippen LogP contribution in [0.4, 0.5) is 4.39 Å². The van der Waals surface area contributed by atoms with Crippen molar-refractivity contribution in [2.24, 2.45) is 0 Å². The molecule has 21 heavy (non-hydrogen) atoms. The molecule has 2 rings (SSSR count). The molecule has 0 fully saturated rings. The van der Waals surface area contributed by atoms with Crippen LogP contribution in [0.1, 0.15) is 33.1 Å². The predicted molar refractivity (Wildman–Crippen MR) is 85.7 cm³/mol. The maximum atomic E-state index is 13.2. The minimum atomic E-state index is -0.285. The molecule has 0 amide bonds. The van der Waals surface area contributed by atoms with Crippen LogP contribution < -0.4 is 5.32 Å². The van der Waals surface area contributed by atoms with Gasteiger partial charge in [-0.3, -0.25) is 0 Å². The zero-order chi connectivity index (χ0) is 15.5. The van der Waals surface area contributed by atoms with E-state index in [-0.39, 0.29) is 11.4 Å². The van der Waals surface area contributed by atoms with Crippen molar-refractivity contribution < 1.29 is 8.81 Å². The van der Waals surface area contributed by atoms with Crippen LogP contribution in [-0.2, 0) is 6.42 Å². The van der Waals surface area contributed by atoms with Crippen molar-refractivity contribution in [3.8, 4) is 11.3 Å². The third kappa shape index (κ3) is 4.93. The third-order valence-corrected chi connectivity index (χ3v) is 3.59. The summed E-state index contributed by atoms with van der Waals surface area (Å²) in [6.07, 6.45) is 3.43. The lowest BCUT2D eigenvalue weighted by molar-refractivity contribution is 0.412. The Morgan fingerprint density at radius 3 is 2.76 bits per heavy atom. The van der Waals surface area contributed by atoms with Gasteiger partial charge in [-0.1, -0.05) is 0 Å². The van der Waals surface area contributed by atoms with Crippen LogP contribution in [-0.4, -0.2) is 17.1 Å². The molecule has 5 heteroatoms. The average molecular weight is 355 g/mol. The number of benzene rings is 1. The van der Waals surface area contributed by atoms with Crippen LogP contribution in [0.25, 0.3) is 11.3 Å². The van der Waals surface area contributed by atoms with Crippen LogP contribution in [0, 0.1) is 5.82 Å². The van der Waals surface area contributed by atoms with Gasteiger partial charge in [-0.15, -0.1) is 0 Å². The Morgan fingerprint density at radius 1 is 1.33 bits per heavy atom. The largest absolute Gasteiger partial charge is 0.441 e. The highest BCUT2D eigenvalue weighted by atomic mass is 79.9. The first kappa shape index (κ1) is 16.2. The van der Waals surface area contributed by atoms with E-state index in [1.807, 2.05) is 0 Å². The van der Waals surface area contributed by atoms with Crippen LogP contribution in [0.2, 0.25) is 0 Å². The van der Waals surface area contributed by atoms with Crippen molar-refractivity contribution in [2.75, 3.05) is 6.54 Å². The highest BCUT2D eigenvalue weighted by Crippen LogP contribution is 2.26. The van der Waals surface area contributed by atoms with E-state index in [1.165, 1.54) is 6.07 Å². The Balaban J connectivity index is 1.93. The number of hydrogen-bond acceptors (Lipinski definition) is 3. The number of aryl methyl sites for hydroxylation is 1. The maximum absolute atomic E-state index is 13.2. The van der Waals surface area contributed by atoms with E-state index in [9.17, 15) is 4.39 Å². The van der Waals surface area contributed by atoms with Crippen molar-refractivity contribution in [3.63, 3.8) is 0 Å². The standard InChI is InChI=1S/C16H20BrFN2O/c1-16(2,3)20-8-4-5-15-19-10-14(21-15)11-6-7-13(18)12(17)9-11/h6-7,9-10,20H,4-5,8H2,1-3H3. The van der Waals surface area contributed by atoms with E-state index in [4.69, 9.17) is 4.42 Å². The SMILES string of the molecule is CC(C)(C)NCCCc1ncc(-c2ccc(F)c(Br)c2)o1. The lowest BCUT2D eigenvalue weighted by Crippen LogP contribution is -2.36. The summed E-state index contributed by atoms with van der Waals surface area (Å²) in [5.41, 5.74) is 0.942. The molecule has 1 aromatic heterocycles. The molecule has 0 aliphatic carbocycles. The zero-order valence-corrected chi connectivity index (χ0v) is 14.1. The Bertz CT molecular complexity index is 605. The Labute approximate surface area is 133 Å². The summed E-state index contributed by atoms with van der Waals surface area (Å²) in [6.45, 7) is 7.34. The number of rotatable bonds is 5. The van der Waals surface area contributed by atoms with Gasteiger partial charge in [0.05, 0.1) is 10.7 Å². The molecule has 0 saturated carbocycles. The molecule has 0 radical (unpaired) electrons. The van der Waals surface area contributed by atoms with E-state index in [1.54, 1.807) is 18.3 Å². The molecule has 0 aliphatic heterocycles. The molecular formula is C16H20BrFN2O. The maximum Gasteiger partial charge on any atom is 0.194 e. The van der Waals surface area contributed by atoms with Crippen LogP contribution in [0.5, 0.6) is 0 Å². The van der Waals surface area contributed by atoms with Gasteiger partial charge >= 0.3 is 0 Å². The fourth-order valence-corrected chi connectivity index (χ4v) is 2.29. The molecular weight excluding hydrogens is 335 g/mol. The molecule has 0 saturated heterocycles. The van der Waals surface area contributed by atoms with E-state index in [0.29, 0.717) is 16.1 Å². The highest BCUT2D eigenvalue weighted by molar-refractivity contribution is 9.10. The van der Waals surface area contributed by atoms with Gasteiger partial charge in [0.15, 0.2) is 11.7 Å². The van der Waals surface area contributed by atoms with E-state index in [2.05, 4.69) is 47.0 Å². The monoisotopic (exact) mass is 354 g/mol. The second-order valence-corrected chi connectivity index (χ2v) is 6.88. The Hall–Kier alpha value is -1.20. The number of halogens is 2. The molecule has 0 atom stereocenters. The molecule has 3 nitrogen and oxygen atoms in total. The van der Waals surface area contributed by atoms with Crippen molar-refractivity contribution >= 4 is 15.9 Å². The molecule has 1 N–H and O–H groups in total. The lowest BCUT2D eigenvalue weighted by Gasteiger charge is -2.19. The van der Waals surface area contributed by atoms with Crippen molar-refractivity contribution in [3.05, 3.63) is 40.6 Å². The number of nitrogens with one attached hydrogen (secondary N) is 1. The summed E-state index contributed by atoms with van der Waals surface area (Å²) >= 11 is 3.17. The smallest absolute Gasteiger partial charge is 0.194 e. The molecule has 114 valence electrons. The summed E-state index contributed by atoms with van der Waals surface area (Å²) in [6, 6.07) is 4.79. The van der Waals surface area contributed by atoms with Crippen LogP contribution in [0.3, 0.4) is 0 Å². The fraction of sp³-hybridized carbons (Fsp3) is 0.438. The van der Waals surface area contributed by atoms with Gasteiger partial charge in [-0.25, -0.2) is 9.37 Å². The average Bonchev–Trinajstić information content (AvgIpc) is 2.86. The Kier molecular flexibility index (Phi) is 5.17. The van der Waals surface area contributed by atoms with Gasteiger partial charge in [0, 0.05) is 17.5 Å². The summed E-state index contributed by atoms with van der Waals surface area (Å²) in [5, 5.41) is 3.43. The van der Waals surface area contributed by atoms with Gasteiger partial charge < -0.3 is 9.73 Å². The van der Waals surface area contributed by atoms with Gasteiger partial charge in [0.25, 0.3) is 0 Å². The topological polar surface area (TPSA) is 38.1 Å². The fourth-order valence-electron chi connectivity index (χ4n) is 1.91. The predicted octanol–water partition coefficient (Wildman–Crippen LogP) is 4.56. The number of hydrogen-bond donors (Lipinski definition) is 1. The van der Waals surface area contributed by atoms with Crippen LogP contribution in [0.15, 0.2) is 33.3 Å². The highest BCUT2D eigenvalue weighted by Gasteiger charge is 2.10. The van der Waals surface area contributed by atoms with E-state index >= 15 is 0 Å². The second-order valence-electron chi connectivity index (χ2n) is 6.03. The quantitative estimate of drug-likeness (QED) is 0.799. The Morgan fingerprint density at radius 2 is 2.10 bits per heavy atom. The minimum absolute atomic E-state index is 0.127. The summed E-state index contributed by atoms with van der Waals surface area (Å²) in [5.74, 6) is 1.09. The summed E-state index contributed by atoms with van der Waals surface area (Å²) < 4.78 is 19.4. The normalized spacial score (nSPS) is 11.9. The molecule has 0 unspecified atom stereocenters. The van der Waals surface area contributed by atoms with Gasteiger partial charge in [-0.2, -0.15) is 0 Å². The molecule has 0 spiro atoms. The first-order valence-corrected chi connectivity index (χ1v) is 7.79. The van der Waals surface area contributed by atoms with Gasteiger partial charge in [0.1, 0.15) is 5.82 Å². The van der Waals surface area contributed by atoms with Crippen molar-refractivity contribution in [2.45, 2.75) is 39.2 Å². The molecule has 0 aliphatic rings. The number of oxazole rings is 1. The first-order valence-electron chi connectivity index (χ1n) is 7.00. The molecule has 1 aromatic carbocycles. The number of nitrogens with zero attached hydrogens (tertiary/aromatic N) is 1. The summed E-state index contributed by atoms with van der Waals surface area (Å²) in [4.78, 5) is 4.28. The van der Waals surface area contributed by atoms with Crippen LogP contribution >= 0.6 is 15.9 Å². The summed E-state index contributed by atoms with van der Waals surface area (Å²) in [7, 11) is 0. The molecule has 1 heterocycles. The second kappa shape index (κ2) is 6.71. The lowest BCUT2D eigenvalue weighted by atomic mass is 10.1. The first-order chi connectivity index (χ1) is 9.85. The third-order valence-electron chi connectivity index (χ3n) is 2.98. The van der Waals surface area contributed by atoms with E-state index < -0.39 is 0 Å². The molecule has 2 aromatic rings. The van der Waals surface area contributed by atoms with Crippen molar-refractivity contribution in [1.29, 1.82) is 0 Å². The van der Waals surface area contributed by atoms with E-state index in [0.717, 1.165) is 24.9 Å². The number of aromatic nitrogens is 1. The van der Waals surface area contributed by atoms with Crippen molar-refractivity contribution in [1.82, 2.24) is 10.3 Å². The van der Waals surface area contributed by atoms with Gasteiger partial charge in [0.2, 0.25) is 0 Å². The minimum Gasteiger partial charge on any atom is -0.441 e. The van der Waals surface area contributed by atoms with Gasteiger partial charge in [-0.05, 0) is 67.9 Å². The molecule has 0 bridgehead atoms. The zero-order valence-electron chi connectivity index (χ0n) is 12.5.